The van der Waals surface area contributed by atoms with Crippen molar-refractivity contribution in [2.75, 3.05) is 5.32 Å². The molecule has 2 atom stereocenters. The van der Waals surface area contributed by atoms with Gasteiger partial charge in [0, 0.05) is 5.69 Å². The normalized spacial score (nSPS) is 21.6. The van der Waals surface area contributed by atoms with Crippen LogP contribution in [0.2, 0.25) is 0 Å². The van der Waals surface area contributed by atoms with Gasteiger partial charge in [0.25, 0.3) is 0 Å². The summed E-state index contributed by atoms with van der Waals surface area (Å²) in [5.41, 5.74) is 2.10. The van der Waals surface area contributed by atoms with Crippen LogP contribution in [0.4, 0.5) is 5.69 Å². The van der Waals surface area contributed by atoms with Crippen molar-refractivity contribution >= 4 is 11.5 Å². The van der Waals surface area contributed by atoms with E-state index in [1.807, 2.05) is 66.7 Å². The lowest BCUT2D eigenvalue weighted by Crippen LogP contribution is -2.25. The van der Waals surface area contributed by atoms with Gasteiger partial charge in [0.2, 0.25) is 0 Å². The zero-order chi connectivity index (χ0) is 13.1. The average molecular weight is 249 g/mol. The van der Waals surface area contributed by atoms with Gasteiger partial charge in [-0.15, -0.1) is 0 Å². The third kappa shape index (κ3) is 2.43. The zero-order valence-electron chi connectivity index (χ0n) is 10.5. The Hall–Kier alpha value is -2.35. The molecular weight excluding hydrogens is 234 g/mol. The van der Waals surface area contributed by atoms with E-state index in [0.717, 1.165) is 11.3 Å². The van der Waals surface area contributed by atoms with E-state index < -0.39 is 0 Å². The Balaban J connectivity index is 1.85. The number of anilines is 1. The molecule has 0 fully saturated rings. The second-order valence-electron chi connectivity index (χ2n) is 4.69. The Morgan fingerprint density at radius 1 is 0.842 bits per heavy atom. The molecule has 1 N–H and O–H groups in total. The van der Waals surface area contributed by atoms with E-state index in [9.17, 15) is 4.79 Å². The van der Waals surface area contributed by atoms with Crippen LogP contribution in [0.15, 0.2) is 72.8 Å². The molecule has 0 heterocycles. The minimum atomic E-state index is -0.124. The molecule has 0 aromatic heterocycles. The second-order valence-corrected chi connectivity index (χ2v) is 4.69. The SMILES string of the molecule is O=C1C=C[C@H](Nc2ccccc2)[C@H]1c1ccccc1. The van der Waals surface area contributed by atoms with Crippen molar-refractivity contribution in [3.05, 3.63) is 78.4 Å². The number of rotatable bonds is 3. The van der Waals surface area contributed by atoms with Crippen LogP contribution in [-0.2, 0) is 4.79 Å². The molecule has 0 spiro atoms. The lowest BCUT2D eigenvalue weighted by atomic mass is 9.92. The number of allylic oxidation sites excluding steroid dienone is 1. The summed E-state index contributed by atoms with van der Waals surface area (Å²) in [6, 6.07) is 19.9. The highest BCUT2D eigenvalue weighted by Crippen LogP contribution is 2.29. The Morgan fingerprint density at radius 3 is 2.16 bits per heavy atom. The standard InChI is InChI=1S/C17H15NO/c19-16-12-11-15(18-14-9-5-2-6-10-14)17(16)13-7-3-1-4-8-13/h1-12,15,17-18H/t15-,17+/m0/s1. The van der Waals surface area contributed by atoms with Gasteiger partial charge >= 0.3 is 0 Å². The Labute approximate surface area is 112 Å². The Morgan fingerprint density at radius 2 is 1.47 bits per heavy atom. The molecule has 2 heteroatoms. The van der Waals surface area contributed by atoms with Gasteiger partial charge in [0.05, 0.1) is 12.0 Å². The van der Waals surface area contributed by atoms with Crippen LogP contribution in [0.3, 0.4) is 0 Å². The predicted octanol–water partition coefficient (Wildman–Crippen LogP) is 3.39. The third-order valence-electron chi connectivity index (χ3n) is 3.40. The number of nitrogens with one attached hydrogen (secondary N) is 1. The van der Waals surface area contributed by atoms with E-state index >= 15 is 0 Å². The fourth-order valence-electron chi connectivity index (χ4n) is 2.48. The molecule has 0 amide bonds. The smallest absolute Gasteiger partial charge is 0.165 e. The van der Waals surface area contributed by atoms with Crippen LogP contribution in [0.1, 0.15) is 11.5 Å². The first-order valence-corrected chi connectivity index (χ1v) is 6.43. The Bertz CT molecular complexity index is 589. The highest BCUT2D eigenvalue weighted by molar-refractivity contribution is 5.99. The first-order chi connectivity index (χ1) is 9.34. The van der Waals surface area contributed by atoms with Crippen LogP contribution < -0.4 is 5.32 Å². The molecule has 2 nitrogen and oxygen atoms in total. The van der Waals surface area contributed by atoms with Crippen molar-refractivity contribution in [3.63, 3.8) is 0 Å². The molecule has 94 valence electrons. The van der Waals surface area contributed by atoms with E-state index in [4.69, 9.17) is 0 Å². The first kappa shape index (κ1) is 11.7. The van der Waals surface area contributed by atoms with Crippen molar-refractivity contribution in [1.82, 2.24) is 0 Å². The molecule has 0 saturated carbocycles. The molecule has 19 heavy (non-hydrogen) atoms. The first-order valence-electron chi connectivity index (χ1n) is 6.43. The number of para-hydroxylation sites is 1. The monoisotopic (exact) mass is 249 g/mol. The summed E-state index contributed by atoms with van der Waals surface area (Å²) in [4.78, 5) is 12.0. The highest BCUT2D eigenvalue weighted by Gasteiger charge is 2.31. The Kier molecular flexibility index (Phi) is 3.15. The number of ketones is 1. The van der Waals surface area contributed by atoms with Crippen LogP contribution >= 0.6 is 0 Å². The summed E-state index contributed by atoms with van der Waals surface area (Å²) < 4.78 is 0. The lowest BCUT2D eigenvalue weighted by molar-refractivity contribution is -0.115. The molecule has 2 aromatic rings. The molecule has 2 aromatic carbocycles. The third-order valence-corrected chi connectivity index (χ3v) is 3.40. The minimum absolute atomic E-state index is 0.0253. The topological polar surface area (TPSA) is 29.1 Å². The van der Waals surface area contributed by atoms with Crippen LogP contribution in [0.25, 0.3) is 0 Å². The fourth-order valence-corrected chi connectivity index (χ4v) is 2.48. The molecular formula is C17H15NO. The van der Waals surface area contributed by atoms with Crippen molar-refractivity contribution in [3.8, 4) is 0 Å². The van der Waals surface area contributed by atoms with Gasteiger partial charge in [0.1, 0.15) is 0 Å². The van der Waals surface area contributed by atoms with Crippen LogP contribution in [0, 0.1) is 0 Å². The van der Waals surface area contributed by atoms with Crippen LogP contribution in [-0.4, -0.2) is 11.8 Å². The lowest BCUT2D eigenvalue weighted by Gasteiger charge is -2.21. The largest absolute Gasteiger partial charge is 0.378 e. The second kappa shape index (κ2) is 5.11. The quantitative estimate of drug-likeness (QED) is 0.903. The van der Waals surface area contributed by atoms with E-state index in [1.54, 1.807) is 6.08 Å². The van der Waals surface area contributed by atoms with E-state index in [2.05, 4.69) is 5.32 Å². The zero-order valence-corrected chi connectivity index (χ0v) is 10.5. The number of benzene rings is 2. The van der Waals surface area contributed by atoms with Crippen molar-refractivity contribution in [1.29, 1.82) is 0 Å². The van der Waals surface area contributed by atoms with Gasteiger partial charge in [-0.3, -0.25) is 4.79 Å². The average Bonchev–Trinajstić information content (AvgIpc) is 2.82. The maximum Gasteiger partial charge on any atom is 0.165 e. The molecule has 0 aliphatic heterocycles. The molecule has 0 unspecified atom stereocenters. The molecule has 0 radical (unpaired) electrons. The predicted molar refractivity (Wildman–Crippen MR) is 77.2 cm³/mol. The molecule has 3 rings (SSSR count). The number of carbonyl (C=O) groups excluding carboxylic acids is 1. The van der Waals surface area contributed by atoms with Crippen molar-refractivity contribution < 1.29 is 4.79 Å². The number of carbonyl (C=O) groups is 1. The maximum atomic E-state index is 12.0. The summed E-state index contributed by atoms with van der Waals surface area (Å²) >= 11 is 0. The van der Waals surface area contributed by atoms with Gasteiger partial charge in [-0.2, -0.15) is 0 Å². The molecule has 1 aliphatic carbocycles. The van der Waals surface area contributed by atoms with Gasteiger partial charge in [0.15, 0.2) is 5.78 Å². The highest BCUT2D eigenvalue weighted by atomic mass is 16.1. The van der Waals surface area contributed by atoms with E-state index in [-0.39, 0.29) is 17.7 Å². The number of hydrogen-bond donors (Lipinski definition) is 1. The summed E-state index contributed by atoms with van der Waals surface area (Å²) in [7, 11) is 0. The molecule has 0 saturated heterocycles. The van der Waals surface area contributed by atoms with E-state index in [0.29, 0.717) is 0 Å². The summed E-state index contributed by atoms with van der Waals surface area (Å²) in [6.45, 7) is 0. The fraction of sp³-hybridized carbons (Fsp3) is 0.118. The summed E-state index contributed by atoms with van der Waals surface area (Å²) in [5, 5.41) is 3.41. The summed E-state index contributed by atoms with van der Waals surface area (Å²) in [5.74, 6) is 0.0426. The van der Waals surface area contributed by atoms with Gasteiger partial charge in [-0.05, 0) is 23.8 Å². The molecule has 1 aliphatic rings. The minimum Gasteiger partial charge on any atom is -0.378 e. The van der Waals surface area contributed by atoms with Crippen molar-refractivity contribution in [2.45, 2.75) is 12.0 Å². The van der Waals surface area contributed by atoms with Crippen LogP contribution in [0.5, 0.6) is 0 Å². The maximum absolute atomic E-state index is 12.0. The number of hydrogen-bond acceptors (Lipinski definition) is 2. The van der Waals surface area contributed by atoms with Gasteiger partial charge in [-0.1, -0.05) is 54.6 Å². The van der Waals surface area contributed by atoms with E-state index in [1.165, 1.54) is 0 Å². The van der Waals surface area contributed by atoms with Gasteiger partial charge in [-0.25, -0.2) is 0 Å². The van der Waals surface area contributed by atoms with Gasteiger partial charge < -0.3 is 5.32 Å². The summed E-state index contributed by atoms with van der Waals surface area (Å²) in [6.07, 6.45) is 3.63. The van der Waals surface area contributed by atoms with Crippen molar-refractivity contribution in [2.24, 2.45) is 0 Å². The molecule has 0 bridgehead atoms.